The molecule has 0 aromatic heterocycles. The number of halogens is 4. The molecule has 0 aliphatic rings. The third-order valence-electron chi connectivity index (χ3n) is 1.87. The van der Waals surface area contributed by atoms with Crippen molar-refractivity contribution in [3.8, 4) is 0 Å². The van der Waals surface area contributed by atoms with Crippen molar-refractivity contribution in [2.45, 2.75) is 25.7 Å². The number of hydrogen-bond acceptors (Lipinski definition) is 3. The lowest BCUT2D eigenvalue weighted by Gasteiger charge is -2.24. The van der Waals surface area contributed by atoms with Crippen LogP contribution in [0, 0.1) is 0 Å². The van der Waals surface area contributed by atoms with Crippen LogP contribution < -0.4 is 0 Å². The first kappa shape index (κ1) is 14.9. The standard InChI is InChI=1S/C9H12F4O3/c1-3-6(2)7(15)16-5-9(12,13)8(10,11)4-14/h3,14H,4-5H2,1-2H3. The van der Waals surface area contributed by atoms with Crippen molar-refractivity contribution in [2.75, 3.05) is 13.2 Å². The Hall–Kier alpha value is -1.11. The van der Waals surface area contributed by atoms with Crippen molar-refractivity contribution >= 4 is 5.97 Å². The Kier molecular flexibility index (Phi) is 4.92. The molecule has 0 spiro atoms. The van der Waals surface area contributed by atoms with Crippen LogP contribution >= 0.6 is 0 Å². The van der Waals surface area contributed by atoms with Crippen molar-refractivity contribution in [2.24, 2.45) is 0 Å². The van der Waals surface area contributed by atoms with E-state index in [1.807, 2.05) is 0 Å². The quantitative estimate of drug-likeness (QED) is 0.455. The molecule has 0 aromatic rings. The molecule has 0 aliphatic carbocycles. The van der Waals surface area contributed by atoms with Crippen LogP contribution in [0.1, 0.15) is 13.8 Å². The van der Waals surface area contributed by atoms with Gasteiger partial charge in [-0.25, -0.2) is 4.79 Å². The Bertz CT molecular complexity index is 286. The van der Waals surface area contributed by atoms with Crippen LogP contribution in [0.25, 0.3) is 0 Å². The highest BCUT2D eigenvalue weighted by Crippen LogP contribution is 2.33. The molecule has 0 rings (SSSR count). The number of aliphatic hydroxyl groups excluding tert-OH is 1. The van der Waals surface area contributed by atoms with Gasteiger partial charge in [-0.1, -0.05) is 6.08 Å². The number of carbonyl (C=O) groups excluding carboxylic acids is 1. The molecule has 0 fully saturated rings. The number of allylic oxidation sites excluding steroid dienone is 1. The Morgan fingerprint density at radius 3 is 2.19 bits per heavy atom. The van der Waals surface area contributed by atoms with Crippen molar-refractivity contribution in [1.82, 2.24) is 0 Å². The fourth-order valence-corrected chi connectivity index (χ4v) is 0.609. The van der Waals surface area contributed by atoms with E-state index in [-0.39, 0.29) is 5.57 Å². The first-order chi connectivity index (χ1) is 7.18. The number of esters is 1. The van der Waals surface area contributed by atoms with Gasteiger partial charge in [0, 0.05) is 5.57 Å². The molecule has 0 radical (unpaired) electrons. The van der Waals surface area contributed by atoms with Gasteiger partial charge in [0.05, 0.1) is 0 Å². The highest BCUT2D eigenvalue weighted by atomic mass is 19.3. The summed E-state index contributed by atoms with van der Waals surface area (Å²) in [4.78, 5) is 10.9. The lowest BCUT2D eigenvalue weighted by molar-refractivity contribution is -0.243. The van der Waals surface area contributed by atoms with E-state index in [4.69, 9.17) is 5.11 Å². The maximum absolute atomic E-state index is 12.7. The van der Waals surface area contributed by atoms with Crippen LogP contribution in [0.2, 0.25) is 0 Å². The van der Waals surface area contributed by atoms with Crippen LogP contribution in [0.15, 0.2) is 11.6 Å². The van der Waals surface area contributed by atoms with Gasteiger partial charge in [-0.3, -0.25) is 0 Å². The molecule has 0 heterocycles. The minimum atomic E-state index is -4.61. The zero-order valence-electron chi connectivity index (χ0n) is 8.77. The number of hydrogen-bond donors (Lipinski definition) is 1. The summed E-state index contributed by atoms with van der Waals surface area (Å²) in [5.41, 5.74) is 0.0307. The average Bonchev–Trinajstić information content (AvgIpc) is 2.24. The highest BCUT2D eigenvalue weighted by molar-refractivity contribution is 5.87. The summed E-state index contributed by atoms with van der Waals surface area (Å²) in [5.74, 6) is -10.3. The van der Waals surface area contributed by atoms with Crippen molar-refractivity contribution < 1.29 is 32.2 Å². The average molecular weight is 244 g/mol. The van der Waals surface area contributed by atoms with E-state index in [9.17, 15) is 22.4 Å². The van der Waals surface area contributed by atoms with E-state index in [2.05, 4.69) is 4.74 Å². The Labute approximate surface area is 89.7 Å². The predicted octanol–water partition coefficient (Wildman–Crippen LogP) is 1.76. The SMILES string of the molecule is CC=C(C)C(=O)OCC(F)(F)C(F)(F)CO. The fourth-order valence-electron chi connectivity index (χ4n) is 0.609. The summed E-state index contributed by atoms with van der Waals surface area (Å²) in [6.07, 6.45) is 1.30. The van der Waals surface area contributed by atoms with Gasteiger partial charge in [0.1, 0.15) is 6.61 Å². The number of ether oxygens (including phenoxy) is 1. The Balaban J connectivity index is 4.47. The summed E-state index contributed by atoms with van der Waals surface area (Å²) in [6, 6.07) is 0. The van der Waals surface area contributed by atoms with Gasteiger partial charge in [0.15, 0.2) is 6.61 Å². The Morgan fingerprint density at radius 1 is 1.31 bits per heavy atom. The molecule has 0 atom stereocenters. The van der Waals surface area contributed by atoms with Gasteiger partial charge >= 0.3 is 17.8 Å². The molecule has 3 nitrogen and oxygen atoms in total. The molecule has 0 saturated carbocycles. The summed E-state index contributed by atoms with van der Waals surface area (Å²) in [7, 11) is 0. The van der Waals surface area contributed by atoms with E-state index in [1.165, 1.54) is 19.9 Å². The molecule has 0 aromatic carbocycles. The van der Waals surface area contributed by atoms with Gasteiger partial charge in [0.25, 0.3) is 0 Å². The first-order valence-corrected chi connectivity index (χ1v) is 4.34. The molecular weight excluding hydrogens is 232 g/mol. The summed E-state index contributed by atoms with van der Waals surface area (Å²) < 4.78 is 54.4. The summed E-state index contributed by atoms with van der Waals surface area (Å²) in [6.45, 7) is -1.02. The molecule has 16 heavy (non-hydrogen) atoms. The maximum Gasteiger partial charge on any atom is 0.345 e. The van der Waals surface area contributed by atoms with E-state index in [0.717, 1.165) is 0 Å². The van der Waals surface area contributed by atoms with Gasteiger partial charge in [-0.15, -0.1) is 0 Å². The van der Waals surface area contributed by atoms with Crippen LogP contribution in [0.4, 0.5) is 17.6 Å². The zero-order valence-corrected chi connectivity index (χ0v) is 8.77. The second kappa shape index (κ2) is 5.29. The molecule has 94 valence electrons. The third kappa shape index (κ3) is 3.48. The minimum Gasteiger partial charge on any atom is -0.456 e. The van der Waals surface area contributed by atoms with Crippen molar-refractivity contribution in [3.05, 3.63) is 11.6 Å². The van der Waals surface area contributed by atoms with Crippen molar-refractivity contribution in [3.63, 3.8) is 0 Å². The number of alkyl halides is 4. The van der Waals surface area contributed by atoms with Crippen LogP contribution in [-0.4, -0.2) is 36.1 Å². The topological polar surface area (TPSA) is 46.5 Å². The summed E-state index contributed by atoms with van der Waals surface area (Å²) in [5, 5.41) is 8.07. The Morgan fingerprint density at radius 2 is 1.81 bits per heavy atom. The minimum absolute atomic E-state index is 0.0307. The molecule has 0 amide bonds. The largest absolute Gasteiger partial charge is 0.456 e. The number of aliphatic hydroxyl groups is 1. The van der Waals surface area contributed by atoms with Crippen LogP contribution in [-0.2, 0) is 9.53 Å². The van der Waals surface area contributed by atoms with Gasteiger partial charge in [0.2, 0.25) is 0 Å². The maximum atomic E-state index is 12.7. The lowest BCUT2D eigenvalue weighted by atomic mass is 10.2. The molecule has 0 bridgehead atoms. The van der Waals surface area contributed by atoms with E-state index >= 15 is 0 Å². The second-order valence-electron chi connectivity index (χ2n) is 3.11. The van der Waals surface area contributed by atoms with Crippen LogP contribution in [0.5, 0.6) is 0 Å². The molecule has 0 unspecified atom stereocenters. The normalized spacial score (nSPS) is 13.8. The monoisotopic (exact) mass is 244 g/mol. The van der Waals surface area contributed by atoms with E-state index in [0.29, 0.717) is 0 Å². The molecule has 7 heteroatoms. The smallest absolute Gasteiger partial charge is 0.345 e. The van der Waals surface area contributed by atoms with Gasteiger partial charge < -0.3 is 9.84 Å². The zero-order chi connectivity index (χ0) is 13.0. The van der Waals surface area contributed by atoms with Crippen LogP contribution in [0.3, 0.4) is 0 Å². The fraction of sp³-hybridized carbons (Fsp3) is 0.667. The third-order valence-corrected chi connectivity index (χ3v) is 1.87. The first-order valence-electron chi connectivity index (χ1n) is 4.34. The van der Waals surface area contributed by atoms with Gasteiger partial charge in [-0.2, -0.15) is 17.6 Å². The van der Waals surface area contributed by atoms with Gasteiger partial charge in [-0.05, 0) is 13.8 Å². The number of carbonyl (C=O) groups is 1. The second-order valence-corrected chi connectivity index (χ2v) is 3.11. The van der Waals surface area contributed by atoms with E-state index in [1.54, 1.807) is 0 Å². The number of rotatable bonds is 5. The molecule has 0 saturated heterocycles. The molecule has 0 aliphatic heterocycles. The summed E-state index contributed by atoms with van der Waals surface area (Å²) >= 11 is 0. The predicted molar refractivity (Wildman–Crippen MR) is 47.4 cm³/mol. The highest BCUT2D eigenvalue weighted by Gasteiger charge is 2.56. The van der Waals surface area contributed by atoms with E-state index < -0.39 is 31.0 Å². The molecular formula is C9H12F4O3. The van der Waals surface area contributed by atoms with Crippen molar-refractivity contribution in [1.29, 1.82) is 0 Å². The molecule has 1 N–H and O–H groups in total. The lowest BCUT2D eigenvalue weighted by Crippen LogP contribution is -2.47.